The molecule has 23 heavy (non-hydrogen) atoms. The summed E-state index contributed by atoms with van der Waals surface area (Å²) in [5, 5.41) is 9.07. The third-order valence-corrected chi connectivity index (χ3v) is 4.18. The Bertz CT molecular complexity index is 555. The second-order valence-corrected chi connectivity index (χ2v) is 5.56. The molecule has 1 unspecified atom stereocenters. The van der Waals surface area contributed by atoms with Crippen molar-refractivity contribution in [2.45, 2.75) is 36.9 Å². The van der Waals surface area contributed by atoms with Crippen molar-refractivity contribution >= 4 is 5.97 Å². The molecule has 1 N–H and O–H groups in total. The summed E-state index contributed by atoms with van der Waals surface area (Å²) in [5.41, 5.74) is -3.29. The third kappa shape index (κ3) is 2.91. The van der Waals surface area contributed by atoms with Crippen LogP contribution in [0.4, 0.5) is 22.0 Å². The van der Waals surface area contributed by atoms with Crippen LogP contribution in [0, 0.1) is 0 Å². The Balaban J connectivity index is 2.71. The molecule has 0 aromatic heterocycles. The summed E-state index contributed by atoms with van der Waals surface area (Å²) in [7, 11) is 0. The van der Waals surface area contributed by atoms with Crippen LogP contribution in [0.15, 0.2) is 30.3 Å². The van der Waals surface area contributed by atoms with E-state index in [0.717, 1.165) is 17.0 Å². The Morgan fingerprint density at radius 3 is 2.00 bits per heavy atom. The molecular formula is C15H16F5NO2. The van der Waals surface area contributed by atoms with Gasteiger partial charge in [-0.15, -0.1) is 0 Å². The van der Waals surface area contributed by atoms with Gasteiger partial charge in [-0.3, -0.25) is 9.69 Å². The Labute approximate surface area is 129 Å². The maximum atomic E-state index is 14.5. The largest absolute Gasteiger partial charge is 0.481 e. The van der Waals surface area contributed by atoms with Crippen LogP contribution in [0.5, 0.6) is 0 Å². The summed E-state index contributed by atoms with van der Waals surface area (Å²) >= 11 is 0. The zero-order chi connectivity index (χ0) is 17.3. The molecule has 2 rings (SSSR count). The standard InChI is InChI=1S/C15H16F5NO2/c16-14(17,15(18,19)20)13(10-12(22)23,21-8-4-5-9-21)11-6-2-1-3-7-11/h1-3,6-7H,4-5,8-10H2,(H,22,23). The molecule has 1 aliphatic heterocycles. The highest BCUT2D eigenvalue weighted by Crippen LogP contribution is 2.54. The highest BCUT2D eigenvalue weighted by molar-refractivity contribution is 5.69. The summed E-state index contributed by atoms with van der Waals surface area (Å²) < 4.78 is 68.5. The highest BCUT2D eigenvalue weighted by Gasteiger charge is 2.73. The first-order chi connectivity index (χ1) is 10.6. The molecule has 8 heteroatoms. The van der Waals surface area contributed by atoms with Gasteiger partial charge >= 0.3 is 18.1 Å². The fourth-order valence-electron chi connectivity index (χ4n) is 3.15. The van der Waals surface area contributed by atoms with E-state index in [4.69, 9.17) is 5.11 Å². The number of hydrogen-bond donors (Lipinski definition) is 1. The summed E-state index contributed by atoms with van der Waals surface area (Å²) in [4.78, 5) is 12.2. The fraction of sp³-hybridized carbons (Fsp3) is 0.533. The Hall–Kier alpha value is -1.70. The van der Waals surface area contributed by atoms with E-state index >= 15 is 0 Å². The van der Waals surface area contributed by atoms with Crippen molar-refractivity contribution in [3.63, 3.8) is 0 Å². The number of halogens is 5. The number of alkyl halides is 5. The van der Waals surface area contributed by atoms with Gasteiger partial charge in [0.1, 0.15) is 5.54 Å². The second-order valence-electron chi connectivity index (χ2n) is 5.56. The van der Waals surface area contributed by atoms with E-state index in [0.29, 0.717) is 12.8 Å². The number of aliphatic carboxylic acids is 1. The first-order valence-electron chi connectivity index (χ1n) is 7.10. The van der Waals surface area contributed by atoms with Gasteiger partial charge in [0.25, 0.3) is 0 Å². The first-order valence-corrected chi connectivity index (χ1v) is 7.10. The predicted molar refractivity (Wildman–Crippen MR) is 72.2 cm³/mol. The van der Waals surface area contributed by atoms with E-state index in [1.807, 2.05) is 0 Å². The van der Waals surface area contributed by atoms with Crippen LogP contribution in [0.2, 0.25) is 0 Å². The Kier molecular flexibility index (Phi) is 4.66. The Morgan fingerprint density at radius 1 is 1.04 bits per heavy atom. The molecule has 0 bridgehead atoms. The van der Waals surface area contributed by atoms with Crippen LogP contribution in [0.25, 0.3) is 0 Å². The van der Waals surface area contributed by atoms with Crippen LogP contribution in [0.3, 0.4) is 0 Å². The normalized spacial score (nSPS) is 19.5. The van der Waals surface area contributed by atoms with Gasteiger partial charge in [-0.1, -0.05) is 30.3 Å². The average Bonchev–Trinajstić information content (AvgIpc) is 2.98. The quantitative estimate of drug-likeness (QED) is 0.834. The summed E-state index contributed by atoms with van der Waals surface area (Å²) in [6.07, 6.45) is -6.30. The molecule has 0 aliphatic carbocycles. The number of carboxylic acid groups (broad SMARTS) is 1. The molecule has 1 aromatic carbocycles. The molecule has 0 spiro atoms. The van der Waals surface area contributed by atoms with Crippen molar-refractivity contribution in [3.05, 3.63) is 35.9 Å². The van der Waals surface area contributed by atoms with Gasteiger partial charge < -0.3 is 5.11 Å². The fourth-order valence-corrected chi connectivity index (χ4v) is 3.15. The summed E-state index contributed by atoms with van der Waals surface area (Å²) in [6, 6.07) is 6.38. The SMILES string of the molecule is O=C(O)CC(c1ccccc1)(N1CCCC1)C(F)(F)C(F)(F)F. The van der Waals surface area contributed by atoms with E-state index < -0.39 is 30.0 Å². The number of benzene rings is 1. The molecule has 0 saturated carbocycles. The lowest BCUT2D eigenvalue weighted by molar-refractivity contribution is -0.330. The molecule has 1 aliphatic rings. The minimum absolute atomic E-state index is 0.00611. The molecular weight excluding hydrogens is 321 g/mol. The van der Waals surface area contributed by atoms with Gasteiger partial charge in [-0.05, 0) is 31.5 Å². The maximum absolute atomic E-state index is 14.5. The lowest BCUT2D eigenvalue weighted by Gasteiger charge is -2.46. The number of nitrogens with zero attached hydrogens (tertiary/aromatic N) is 1. The van der Waals surface area contributed by atoms with Gasteiger partial charge in [-0.2, -0.15) is 22.0 Å². The summed E-state index contributed by atoms with van der Waals surface area (Å²) in [6.45, 7) is -0.0122. The molecule has 1 aromatic rings. The molecule has 3 nitrogen and oxygen atoms in total. The molecule has 1 saturated heterocycles. The molecule has 1 atom stereocenters. The van der Waals surface area contributed by atoms with Crippen LogP contribution in [0.1, 0.15) is 24.8 Å². The first kappa shape index (κ1) is 17.7. The van der Waals surface area contributed by atoms with Crippen LogP contribution < -0.4 is 0 Å². The van der Waals surface area contributed by atoms with Gasteiger partial charge in [0.15, 0.2) is 0 Å². The van der Waals surface area contributed by atoms with E-state index in [9.17, 15) is 26.7 Å². The maximum Gasteiger partial charge on any atom is 0.455 e. The van der Waals surface area contributed by atoms with Crippen molar-refractivity contribution in [2.75, 3.05) is 13.1 Å². The highest BCUT2D eigenvalue weighted by atomic mass is 19.4. The van der Waals surface area contributed by atoms with Crippen molar-refractivity contribution < 1.29 is 31.9 Å². The van der Waals surface area contributed by atoms with Crippen molar-refractivity contribution in [1.29, 1.82) is 0 Å². The van der Waals surface area contributed by atoms with Gasteiger partial charge in [0.05, 0.1) is 6.42 Å². The van der Waals surface area contributed by atoms with E-state index in [2.05, 4.69) is 0 Å². The van der Waals surface area contributed by atoms with Crippen molar-refractivity contribution in [1.82, 2.24) is 4.90 Å². The minimum atomic E-state index is -5.86. The van der Waals surface area contributed by atoms with Crippen molar-refractivity contribution in [3.8, 4) is 0 Å². The zero-order valence-corrected chi connectivity index (χ0v) is 12.1. The second kappa shape index (κ2) is 6.07. The van der Waals surface area contributed by atoms with Crippen LogP contribution in [-0.4, -0.2) is 41.2 Å². The van der Waals surface area contributed by atoms with E-state index in [-0.39, 0.29) is 18.7 Å². The van der Waals surface area contributed by atoms with E-state index in [1.54, 1.807) is 0 Å². The number of carbonyl (C=O) groups is 1. The van der Waals surface area contributed by atoms with Crippen molar-refractivity contribution in [2.24, 2.45) is 0 Å². The number of hydrogen-bond acceptors (Lipinski definition) is 2. The topological polar surface area (TPSA) is 40.5 Å². The number of rotatable bonds is 5. The minimum Gasteiger partial charge on any atom is -0.481 e. The average molecular weight is 337 g/mol. The smallest absolute Gasteiger partial charge is 0.455 e. The molecule has 128 valence electrons. The molecule has 0 radical (unpaired) electrons. The van der Waals surface area contributed by atoms with Crippen LogP contribution in [-0.2, 0) is 10.3 Å². The van der Waals surface area contributed by atoms with Gasteiger partial charge in [0.2, 0.25) is 0 Å². The monoisotopic (exact) mass is 337 g/mol. The van der Waals surface area contributed by atoms with Gasteiger partial charge in [-0.25, -0.2) is 0 Å². The lowest BCUT2D eigenvalue weighted by Crippen LogP contribution is -2.63. The zero-order valence-electron chi connectivity index (χ0n) is 12.1. The van der Waals surface area contributed by atoms with E-state index in [1.165, 1.54) is 18.2 Å². The number of carboxylic acids is 1. The third-order valence-electron chi connectivity index (χ3n) is 4.18. The predicted octanol–water partition coefficient (Wildman–Crippen LogP) is 3.65. The molecule has 0 amide bonds. The summed E-state index contributed by atoms with van der Waals surface area (Å²) in [5.74, 6) is -6.91. The number of likely N-dealkylation sites (tertiary alicyclic amines) is 1. The lowest BCUT2D eigenvalue weighted by atomic mass is 9.78. The molecule has 1 heterocycles. The Morgan fingerprint density at radius 2 is 1.57 bits per heavy atom. The molecule has 1 fully saturated rings. The van der Waals surface area contributed by atoms with Crippen LogP contribution >= 0.6 is 0 Å². The van der Waals surface area contributed by atoms with Gasteiger partial charge in [0, 0.05) is 0 Å².